The van der Waals surface area contributed by atoms with Crippen LogP contribution < -0.4 is 0 Å². The fourth-order valence-corrected chi connectivity index (χ4v) is 1.54. The van der Waals surface area contributed by atoms with E-state index < -0.39 is 0 Å². The van der Waals surface area contributed by atoms with Gasteiger partial charge in [-0.15, -0.1) is 0 Å². The normalized spacial score (nSPS) is 28.4. The third-order valence-electron chi connectivity index (χ3n) is 3.11. The molecule has 0 aromatic heterocycles. The fourth-order valence-electron chi connectivity index (χ4n) is 1.54. The molecule has 0 bridgehead atoms. The van der Waals surface area contributed by atoms with Crippen LogP contribution in [-0.2, 0) is 0 Å². The number of rotatable bonds is 0. The maximum absolute atomic E-state index is 2.43. The standard InChI is InChI=1S/C9H20N2/c1-9(2)10(3)7-5-6-8-11(9)4/h5-8H2,1-4H3. The van der Waals surface area contributed by atoms with Gasteiger partial charge in [-0.2, -0.15) is 0 Å². The first-order valence-electron chi connectivity index (χ1n) is 4.47. The molecule has 0 atom stereocenters. The molecule has 1 fully saturated rings. The molecular formula is C9H20N2. The second kappa shape index (κ2) is 3.11. The summed E-state index contributed by atoms with van der Waals surface area (Å²) in [6, 6.07) is 0. The highest BCUT2D eigenvalue weighted by molar-refractivity contribution is 4.80. The lowest BCUT2D eigenvalue weighted by molar-refractivity contribution is 0.0187. The van der Waals surface area contributed by atoms with Crippen LogP contribution in [0.4, 0.5) is 0 Å². The monoisotopic (exact) mass is 156 g/mol. The highest BCUT2D eigenvalue weighted by Gasteiger charge is 2.29. The van der Waals surface area contributed by atoms with Gasteiger partial charge < -0.3 is 0 Å². The van der Waals surface area contributed by atoms with Crippen molar-refractivity contribution in [3.05, 3.63) is 0 Å². The zero-order chi connectivity index (χ0) is 8.48. The van der Waals surface area contributed by atoms with Crippen LogP contribution >= 0.6 is 0 Å². The van der Waals surface area contributed by atoms with Gasteiger partial charge in [-0.25, -0.2) is 0 Å². The van der Waals surface area contributed by atoms with Gasteiger partial charge in [-0.1, -0.05) is 0 Å². The predicted octanol–water partition coefficient (Wildman–Crippen LogP) is 1.38. The highest BCUT2D eigenvalue weighted by atomic mass is 15.4. The Morgan fingerprint density at radius 3 is 1.64 bits per heavy atom. The van der Waals surface area contributed by atoms with Gasteiger partial charge in [-0.05, 0) is 53.9 Å². The molecule has 0 amide bonds. The molecule has 1 rings (SSSR count). The van der Waals surface area contributed by atoms with E-state index in [4.69, 9.17) is 0 Å². The van der Waals surface area contributed by atoms with Gasteiger partial charge in [0.1, 0.15) is 0 Å². The molecule has 0 spiro atoms. The van der Waals surface area contributed by atoms with Gasteiger partial charge in [0, 0.05) is 0 Å². The second-order valence-corrected chi connectivity index (χ2v) is 4.04. The smallest absolute Gasteiger partial charge is 0.0674 e. The summed E-state index contributed by atoms with van der Waals surface area (Å²) in [6.07, 6.45) is 2.68. The Bertz CT molecular complexity index is 118. The molecule has 1 aliphatic rings. The Labute approximate surface area is 70.2 Å². The number of hydrogen-bond acceptors (Lipinski definition) is 2. The van der Waals surface area contributed by atoms with Crippen molar-refractivity contribution >= 4 is 0 Å². The van der Waals surface area contributed by atoms with Crippen LogP contribution in [-0.4, -0.2) is 42.6 Å². The first-order chi connectivity index (χ1) is 5.05. The minimum Gasteiger partial charge on any atom is -0.289 e. The topological polar surface area (TPSA) is 6.48 Å². The molecular weight excluding hydrogens is 136 g/mol. The summed E-state index contributed by atoms with van der Waals surface area (Å²) in [4.78, 5) is 4.86. The SMILES string of the molecule is CN1CCCCN(C)C1(C)C. The highest BCUT2D eigenvalue weighted by Crippen LogP contribution is 2.20. The summed E-state index contributed by atoms with van der Waals surface area (Å²) in [6.45, 7) is 7.05. The van der Waals surface area contributed by atoms with Crippen LogP contribution in [0.15, 0.2) is 0 Å². The lowest BCUT2D eigenvalue weighted by atomic mass is 10.2. The molecule has 0 unspecified atom stereocenters. The van der Waals surface area contributed by atoms with Gasteiger partial charge in [-0.3, -0.25) is 9.80 Å². The molecule has 0 saturated carbocycles. The molecule has 0 N–H and O–H groups in total. The summed E-state index contributed by atoms with van der Waals surface area (Å²) in [5, 5.41) is 0. The van der Waals surface area contributed by atoms with E-state index in [1.807, 2.05) is 0 Å². The lowest BCUT2D eigenvalue weighted by Gasteiger charge is -2.41. The van der Waals surface area contributed by atoms with Crippen molar-refractivity contribution in [1.29, 1.82) is 0 Å². The van der Waals surface area contributed by atoms with Crippen LogP contribution in [0.3, 0.4) is 0 Å². The van der Waals surface area contributed by atoms with E-state index in [1.54, 1.807) is 0 Å². The number of nitrogens with zero attached hydrogens (tertiary/aromatic N) is 2. The van der Waals surface area contributed by atoms with Crippen LogP contribution in [0, 0.1) is 0 Å². The first kappa shape index (κ1) is 9.01. The largest absolute Gasteiger partial charge is 0.289 e. The van der Waals surface area contributed by atoms with Crippen molar-refractivity contribution in [3.63, 3.8) is 0 Å². The third-order valence-corrected chi connectivity index (χ3v) is 3.11. The first-order valence-corrected chi connectivity index (χ1v) is 4.47. The summed E-state index contributed by atoms with van der Waals surface area (Å²) in [7, 11) is 4.42. The van der Waals surface area contributed by atoms with E-state index in [-0.39, 0.29) is 5.66 Å². The molecule has 66 valence electrons. The van der Waals surface area contributed by atoms with Gasteiger partial charge in [0.15, 0.2) is 0 Å². The average molecular weight is 156 g/mol. The van der Waals surface area contributed by atoms with Crippen LogP contribution in [0.2, 0.25) is 0 Å². The zero-order valence-electron chi connectivity index (χ0n) is 8.22. The van der Waals surface area contributed by atoms with Crippen LogP contribution in [0.5, 0.6) is 0 Å². The Morgan fingerprint density at radius 2 is 1.27 bits per heavy atom. The molecule has 0 aromatic carbocycles. The molecule has 1 heterocycles. The molecule has 2 nitrogen and oxygen atoms in total. The van der Waals surface area contributed by atoms with Crippen molar-refractivity contribution < 1.29 is 0 Å². The quantitative estimate of drug-likeness (QED) is 0.523. The summed E-state index contributed by atoms with van der Waals surface area (Å²) < 4.78 is 0. The van der Waals surface area contributed by atoms with Crippen LogP contribution in [0.1, 0.15) is 26.7 Å². The summed E-state index contributed by atoms with van der Waals surface area (Å²) >= 11 is 0. The van der Waals surface area contributed by atoms with E-state index in [0.717, 1.165) is 0 Å². The molecule has 0 aromatic rings. The molecule has 1 saturated heterocycles. The zero-order valence-corrected chi connectivity index (χ0v) is 8.22. The van der Waals surface area contributed by atoms with Gasteiger partial charge in [0.05, 0.1) is 5.66 Å². The minimum atomic E-state index is 0.247. The van der Waals surface area contributed by atoms with E-state index >= 15 is 0 Å². The third kappa shape index (κ3) is 1.74. The maximum atomic E-state index is 2.43. The minimum absolute atomic E-state index is 0.247. The van der Waals surface area contributed by atoms with Crippen molar-refractivity contribution in [2.24, 2.45) is 0 Å². The Morgan fingerprint density at radius 1 is 0.909 bits per heavy atom. The average Bonchev–Trinajstić information content (AvgIpc) is 2.03. The van der Waals surface area contributed by atoms with Crippen LogP contribution in [0.25, 0.3) is 0 Å². The van der Waals surface area contributed by atoms with Gasteiger partial charge >= 0.3 is 0 Å². The van der Waals surface area contributed by atoms with E-state index in [0.29, 0.717) is 0 Å². The van der Waals surface area contributed by atoms with Gasteiger partial charge in [0.2, 0.25) is 0 Å². The summed E-state index contributed by atoms with van der Waals surface area (Å²) in [5.74, 6) is 0. The van der Waals surface area contributed by atoms with Crippen molar-refractivity contribution in [3.8, 4) is 0 Å². The molecule has 0 radical (unpaired) electrons. The van der Waals surface area contributed by atoms with E-state index in [2.05, 4.69) is 37.7 Å². The Hall–Kier alpha value is -0.0800. The van der Waals surface area contributed by atoms with E-state index in [1.165, 1.54) is 25.9 Å². The fraction of sp³-hybridized carbons (Fsp3) is 1.00. The molecule has 11 heavy (non-hydrogen) atoms. The second-order valence-electron chi connectivity index (χ2n) is 4.04. The van der Waals surface area contributed by atoms with Crippen molar-refractivity contribution in [2.45, 2.75) is 32.4 Å². The molecule has 2 heteroatoms. The van der Waals surface area contributed by atoms with Gasteiger partial charge in [0.25, 0.3) is 0 Å². The van der Waals surface area contributed by atoms with E-state index in [9.17, 15) is 0 Å². The van der Waals surface area contributed by atoms with Crippen molar-refractivity contribution in [2.75, 3.05) is 27.2 Å². The molecule has 0 aliphatic carbocycles. The van der Waals surface area contributed by atoms with Crippen molar-refractivity contribution in [1.82, 2.24) is 9.80 Å². The number of hydrogen-bond donors (Lipinski definition) is 0. The summed E-state index contributed by atoms with van der Waals surface area (Å²) in [5.41, 5.74) is 0.247. The predicted molar refractivity (Wildman–Crippen MR) is 48.6 cm³/mol. The molecule has 1 aliphatic heterocycles. The Balaban J connectivity index is 2.67. The Kier molecular flexibility index (Phi) is 2.55. The lowest BCUT2D eigenvalue weighted by Crippen LogP contribution is -2.52. The maximum Gasteiger partial charge on any atom is 0.0674 e.